The number of anilines is 1. The summed E-state index contributed by atoms with van der Waals surface area (Å²) in [7, 11) is 0. The van der Waals surface area contributed by atoms with Crippen molar-refractivity contribution in [3.05, 3.63) is 64.1 Å². The van der Waals surface area contributed by atoms with Crippen molar-refractivity contribution in [2.75, 3.05) is 11.1 Å². The van der Waals surface area contributed by atoms with Crippen LogP contribution < -0.4 is 5.32 Å². The van der Waals surface area contributed by atoms with Crippen LogP contribution in [0.4, 0.5) is 5.69 Å². The van der Waals surface area contributed by atoms with Gasteiger partial charge in [-0.15, -0.1) is 11.8 Å². The van der Waals surface area contributed by atoms with Crippen molar-refractivity contribution in [1.82, 2.24) is 0 Å². The molecule has 0 aliphatic rings. The Morgan fingerprint density at radius 3 is 2.62 bits per heavy atom. The number of halogens is 2. The van der Waals surface area contributed by atoms with Crippen molar-refractivity contribution in [1.29, 1.82) is 0 Å². The van der Waals surface area contributed by atoms with Crippen molar-refractivity contribution in [3.63, 3.8) is 0 Å². The van der Waals surface area contributed by atoms with E-state index in [0.717, 1.165) is 0 Å². The molecule has 0 bridgehead atoms. The molecule has 21 heavy (non-hydrogen) atoms. The summed E-state index contributed by atoms with van der Waals surface area (Å²) in [6.07, 6.45) is 0. The van der Waals surface area contributed by atoms with Gasteiger partial charge in [-0.3, -0.25) is 4.79 Å². The van der Waals surface area contributed by atoms with Gasteiger partial charge >= 0.3 is 0 Å². The normalized spacial score (nSPS) is 12.0. The van der Waals surface area contributed by atoms with E-state index in [1.165, 1.54) is 5.56 Å². The van der Waals surface area contributed by atoms with Crippen LogP contribution in [0.25, 0.3) is 0 Å². The van der Waals surface area contributed by atoms with Gasteiger partial charge in [-0.05, 0) is 30.7 Å². The zero-order chi connectivity index (χ0) is 15.2. The fourth-order valence-corrected chi connectivity index (χ4v) is 2.96. The molecule has 0 heterocycles. The van der Waals surface area contributed by atoms with E-state index in [4.69, 9.17) is 23.2 Å². The van der Waals surface area contributed by atoms with Crippen LogP contribution in [0.3, 0.4) is 0 Å². The third-order valence-electron chi connectivity index (χ3n) is 2.94. The van der Waals surface area contributed by atoms with Crippen molar-refractivity contribution < 1.29 is 4.79 Å². The van der Waals surface area contributed by atoms with Crippen LogP contribution in [0.15, 0.2) is 48.5 Å². The minimum absolute atomic E-state index is 0.0908. The minimum atomic E-state index is -0.0908. The summed E-state index contributed by atoms with van der Waals surface area (Å²) in [5.41, 5.74) is 1.75. The fourth-order valence-electron chi connectivity index (χ4n) is 1.80. The zero-order valence-electron chi connectivity index (χ0n) is 11.5. The molecule has 0 saturated heterocycles. The molecule has 1 amide bonds. The molecule has 2 aromatic rings. The van der Waals surface area contributed by atoms with Gasteiger partial charge in [0.25, 0.3) is 0 Å². The molecule has 0 aliphatic carbocycles. The second-order valence-corrected chi connectivity index (χ2v) is 6.71. The Hall–Kier alpha value is -1.16. The molecule has 0 saturated carbocycles. The van der Waals surface area contributed by atoms with Crippen LogP contribution in [0.1, 0.15) is 17.7 Å². The van der Waals surface area contributed by atoms with Gasteiger partial charge in [0.2, 0.25) is 5.91 Å². The van der Waals surface area contributed by atoms with Crippen molar-refractivity contribution in [2.24, 2.45) is 0 Å². The van der Waals surface area contributed by atoms with Gasteiger partial charge in [-0.2, -0.15) is 0 Å². The van der Waals surface area contributed by atoms with Crippen molar-refractivity contribution >= 4 is 46.6 Å². The Balaban J connectivity index is 1.89. The monoisotopic (exact) mass is 339 g/mol. The van der Waals surface area contributed by atoms with E-state index in [9.17, 15) is 4.79 Å². The number of rotatable bonds is 5. The fraction of sp³-hybridized carbons (Fsp3) is 0.188. The van der Waals surface area contributed by atoms with Crippen LogP contribution in [0.5, 0.6) is 0 Å². The molecule has 1 N–H and O–H groups in total. The summed E-state index contributed by atoms with van der Waals surface area (Å²) in [5.74, 6) is 0.269. The quantitative estimate of drug-likeness (QED) is 0.787. The number of benzene rings is 2. The molecule has 0 radical (unpaired) electrons. The summed E-state index contributed by atoms with van der Waals surface area (Å²) in [5, 5.41) is 4.06. The highest BCUT2D eigenvalue weighted by molar-refractivity contribution is 8.00. The first-order valence-corrected chi connectivity index (χ1v) is 8.28. The molecular formula is C16H15Cl2NOS. The highest BCUT2D eigenvalue weighted by atomic mass is 35.5. The molecule has 0 spiro atoms. The number of amides is 1. The first-order chi connectivity index (χ1) is 10.1. The number of thioether (sulfide) groups is 1. The number of carbonyl (C=O) groups is 1. The summed E-state index contributed by atoms with van der Waals surface area (Å²) < 4.78 is 0. The smallest absolute Gasteiger partial charge is 0.234 e. The lowest BCUT2D eigenvalue weighted by Crippen LogP contribution is -2.15. The standard InChI is InChI=1S/C16H15Cl2NOS/c1-11(12-5-3-2-4-6-12)21-10-16(20)19-15-9-13(17)7-8-14(15)18/h2-9,11H,10H2,1H3,(H,19,20)/t11-/m1/s1. The summed E-state index contributed by atoms with van der Waals surface area (Å²) in [6, 6.07) is 15.1. The summed E-state index contributed by atoms with van der Waals surface area (Å²) in [6.45, 7) is 2.08. The second kappa shape index (κ2) is 7.74. The molecule has 5 heteroatoms. The number of hydrogen-bond acceptors (Lipinski definition) is 2. The molecule has 2 nitrogen and oxygen atoms in total. The highest BCUT2D eigenvalue weighted by Gasteiger charge is 2.10. The lowest BCUT2D eigenvalue weighted by Gasteiger charge is -2.12. The average molecular weight is 340 g/mol. The third-order valence-corrected chi connectivity index (χ3v) is 4.70. The predicted molar refractivity (Wildman–Crippen MR) is 92.4 cm³/mol. The SMILES string of the molecule is C[C@@H](SCC(=O)Nc1cc(Cl)ccc1Cl)c1ccccc1. The zero-order valence-corrected chi connectivity index (χ0v) is 13.8. The van der Waals surface area contributed by atoms with Crippen LogP contribution in [0, 0.1) is 0 Å². The Bertz CT molecular complexity index is 619. The van der Waals surface area contributed by atoms with Gasteiger partial charge < -0.3 is 5.32 Å². The Morgan fingerprint density at radius 1 is 1.19 bits per heavy atom. The van der Waals surface area contributed by atoms with Gasteiger partial charge in [0.1, 0.15) is 0 Å². The van der Waals surface area contributed by atoms with Crippen LogP contribution >= 0.6 is 35.0 Å². The van der Waals surface area contributed by atoms with Gasteiger partial charge in [0, 0.05) is 10.3 Å². The first-order valence-electron chi connectivity index (χ1n) is 6.47. The maximum atomic E-state index is 12.0. The molecule has 110 valence electrons. The molecule has 0 aromatic heterocycles. The lowest BCUT2D eigenvalue weighted by molar-refractivity contribution is -0.113. The van der Waals surface area contributed by atoms with Gasteiger partial charge in [-0.25, -0.2) is 0 Å². The molecule has 1 atom stereocenters. The van der Waals surface area contributed by atoms with Gasteiger partial charge in [0.05, 0.1) is 16.5 Å². The van der Waals surface area contributed by atoms with Crippen LogP contribution in [-0.4, -0.2) is 11.7 Å². The third kappa shape index (κ3) is 4.95. The van der Waals surface area contributed by atoms with E-state index < -0.39 is 0 Å². The maximum absolute atomic E-state index is 12.0. The highest BCUT2D eigenvalue weighted by Crippen LogP contribution is 2.29. The topological polar surface area (TPSA) is 29.1 Å². The molecule has 0 aliphatic heterocycles. The second-order valence-electron chi connectivity index (χ2n) is 4.54. The first kappa shape index (κ1) is 16.2. The summed E-state index contributed by atoms with van der Waals surface area (Å²) >= 11 is 13.5. The maximum Gasteiger partial charge on any atom is 0.234 e. The van der Waals surface area contributed by atoms with E-state index in [-0.39, 0.29) is 11.2 Å². The van der Waals surface area contributed by atoms with Crippen LogP contribution in [0.2, 0.25) is 10.0 Å². The molecule has 0 fully saturated rings. The lowest BCUT2D eigenvalue weighted by atomic mass is 10.2. The molecule has 0 unspecified atom stereocenters. The van der Waals surface area contributed by atoms with Gasteiger partial charge in [-0.1, -0.05) is 53.5 Å². The van der Waals surface area contributed by atoms with Crippen molar-refractivity contribution in [2.45, 2.75) is 12.2 Å². The average Bonchev–Trinajstić information content (AvgIpc) is 2.49. The number of nitrogens with one attached hydrogen (secondary N) is 1. The largest absolute Gasteiger partial charge is 0.324 e. The van der Waals surface area contributed by atoms with Gasteiger partial charge in [0.15, 0.2) is 0 Å². The van der Waals surface area contributed by atoms with E-state index in [1.54, 1.807) is 30.0 Å². The Labute approximate surface area is 138 Å². The van der Waals surface area contributed by atoms with E-state index in [2.05, 4.69) is 24.4 Å². The van der Waals surface area contributed by atoms with E-state index in [1.807, 2.05) is 18.2 Å². The number of hydrogen-bond donors (Lipinski definition) is 1. The van der Waals surface area contributed by atoms with E-state index >= 15 is 0 Å². The number of carbonyl (C=O) groups excluding carboxylic acids is 1. The van der Waals surface area contributed by atoms with E-state index in [0.29, 0.717) is 21.5 Å². The summed E-state index contributed by atoms with van der Waals surface area (Å²) in [4.78, 5) is 12.0. The van der Waals surface area contributed by atoms with Crippen LogP contribution in [-0.2, 0) is 4.79 Å². The van der Waals surface area contributed by atoms with Crippen molar-refractivity contribution in [3.8, 4) is 0 Å². The molecule has 2 rings (SSSR count). The molecular weight excluding hydrogens is 325 g/mol. The Kier molecular flexibility index (Phi) is 5.97. The minimum Gasteiger partial charge on any atom is -0.324 e. The Morgan fingerprint density at radius 2 is 1.90 bits per heavy atom. The molecule has 2 aromatic carbocycles. The predicted octanol–water partition coefficient (Wildman–Crippen LogP) is 5.43.